The first-order valence-electron chi connectivity index (χ1n) is 21.8. The number of nitriles is 1. The molecular formula is C59H36N6. The SMILES string of the molecule is N#Cc1ccc(-c2nc(-c3ccc(-n4c5ccccc5c5ccccc54)cc3)cc(-c3cc(-n4c5ccccc5c5ccccc54)cc(-n4c5ccccc5c5ccccc54)c3)n2)cc1. The molecule has 65 heavy (non-hydrogen) atoms. The van der Waals surface area contributed by atoms with Crippen molar-refractivity contribution in [3.05, 3.63) is 224 Å². The van der Waals surface area contributed by atoms with E-state index < -0.39 is 0 Å². The number of aromatic nitrogens is 5. The van der Waals surface area contributed by atoms with Crippen molar-refractivity contribution in [2.24, 2.45) is 0 Å². The summed E-state index contributed by atoms with van der Waals surface area (Å²) in [5.74, 6) is 0.578. The maximum atomic E-state index is 9.68. The lowest BCUT2D eigenvalue weighted by Gasteiger charge is -2.16. The Balaban J connectivity index is 1.05. The predicted molar refractivity (Wildman–Crippen MR) is 266 cm³/mol. The molecule has 13 aromatic rings. The fourth-order valence-corrected chi connectivity index (χ4v) is 9.95. The van der Waals surface area contributed by atoms with E-state index in [0.717, 1.165) is 78.2 Å². The van der Waals surface area contributed by atoms with Crippen LogP contribution in [0.15, 0.2) is 218 Å². The van der Waals surface area contributed by atoms with Crippen molar-refractivity contribution in [2.45, 2.75) is 0 Å². The first kappa shape index (κ1) is 36.6. The normalized spacial score (nSPS) is 11.7. The van der Waals surface area contributed by atoms with E-state index in [1.807, 2.05) is 24.3 Å². The summed E-state index contributed by atoms with van der Waals surface area (Å²) in [4.78, 5) is 10.6. The van der Waals surface area contributed by atoms with E-state index >= 15 is 0 Å². The van der Waals surface area contributed by atoms with Crippen molar-refractivity contribution in [1.29, 1.82) is 5.26 Å². The molecule has 0 atom stereocenters. The number of rotatable bonds is 6. The first-order chi connectivity index (χ1) is 32.2. The summed E-state index contributed by atoms with van der Waals surface area (Å²) in [6.45, 7) is 0. The number of hydrogen-bond acceptors (Lipinski definition) is 3. The Labute approximate surface area is 373 Å². The van der Waals surface area contributed by atoms with Gasteiger partial charge in [-0.1, -0.05) is 121 Å². The minimum absolute atomic E-state index is 0.578. The highest BCUT2D eigenvalue weighted by Gasteiger charge is 2.20. The van der Waals surface area contributed by atoms with E-state index in [-0.39, 0.29) is 0 Å². The topological polar surface area (TPSA) is 64.4 Å². The van der Waals surface area contributed by atoms with Crippen molar-refractivity contribution in [1.82, 2.24) is 23.7 Å². The summed E-state index contributed by atoms with van der Waals surface area (Å²) in [5.41, 5.74) is 14.9. The molecule has 0 aliphatic rings. The molecule has 9 aromatic carbocycles. The summed E-state index contributed by atoms with van der Waals surface area (Å²) >= 11 is 0. The third-order valence-corrected chi connectivity index (χ3v) is 12.9. The largest absolute Gasteiger partial charge is 0.309 e. The standard InChI is InChI=1S/C59H36N6/c60-37-38-25-27-40(28-26-38)59-61-51(39-29-31-42(32-30-39)63-53-19-7-1-13-45(53)46-14-2-8-20-54(46)63)36-52(62-59)41-33-43(64-55-21-9-3-15-47(55)48-16-4-10-22-56(48)64)35-44(34-41)65-57-23-11-5-17-49(57)50-18-6-12-24-58(50)65/h1-36H. The average molecular weight is 829 g/mol. The van der Waals surface area contributed by atoms with Gasteiger partial charge in [-0.2, -0.15) is 5.26 Å². The molecule has 6 heteroatoms. The van der Waals surface area contributed by atoms with Crippen molar-refractivity contribution >= 4 is 65.4 Å². The van der Waals surface area contributed by atoms with Gasteiger partial charge in [0.05, 0.1) is 56.1 Å². The highest BCUT2D eigenvalue weighted by atomic mass is 15.0. The number of para-hydroxylation sites is 6. The van der Waals surface area contributed by atoms with Crippen LogP contribution in [0.2, 0.25) is 0 Å². The molecule has 0 radical (unpaired) electrons. The Hall–Kier alpha value is -9.05. The molecule has 0 amide bonds. The molecular weight excluding hydrogens is 793 g/mol. The van der Waals surface area contributed by atoms with Gasteiger partial charge in [-0.15, -0.1) is 0 Å². The van der Waals surface area contributed by atoms with E-state index in [1.165, 1.54) is 32.3 Å². The number of nitrogens with zero attached hydrogens (tertiary/aromatic N) is 6. The van der Waals surface area contributed by atoms with Crippen molar-refractivity contribution < 1.29 is 0 Å². The Morgan fingerprint density at radius 1 is 0.308 bits per heavy atom. The van der Waals surface area contributed by atoms with Crippen LogP contribution in [0.25, 0.3) is 116 Å². The highest BCUT2D eigenvalue weighted by molar-refractivity contribution is 6.11. The first-order valence-corrected chi connectivity index (χ1v) is 21.8. The second-order valence-corrected chi connectivity index (χ2v) is 16.5. The lowest BCUT2D eigenvalue weighted by Crippen LogP contribution is -2.02. The molecule has 4 heterocycles. The maximum Gasteiger partial charge on any atom is 0.160 e. The second-order valence-electron chi connectivity index (χ2n) is 16.5. The molecule has 0 unspecified atom stereocenters. The van der Waals surface area contributed by atoms with E-state index in [4.69, 9.17) is 9.97 Å². The zero-order chi connectivity index (χ0) is 43.0. The molecule has 4 aromatic heterocycles. The van der Waals surface area contributed by atoms with Gasteiger partial charge in [0.1, 0.15) is 0 Å². The Bertz CT molecular complexity index is 3780. The van der Waals surface area contributed by atoms with E-state index in [2.05, 4.69) is 214 Å². The molecule has 6 nitrogen and oxygen atoms in total. The minimum atomic E-state index is 0.578. The monoisotopic (exact) mass is 828 g/mol. The van der Waals surface area contributed by atoms with E-state index in [1.54, 1.807) is 0 Å². The van der Waals surface area contributed by atoms with Crippen LogP contribution in [0.4, 0.5) is 0 Å². The van der Waals surface area contributed by atoms with Crippen LogP contribution in [-0.2, 0) is 0 Å². The summed E-state index contributed by atoms with van der Waals surface area (Å²) < 4.78 is 7.09. The molecule has 0 N–H and O–H groups in total. The maximum absolute atomic E-state index is 9.68. The lowest BCUT2D eigenvalue weighted by molar-refractivity contribution is 1.13. The fraction of sp³-hybridized carbons (Fsp3) is 0. The van der Waals surface area contributed by atoms with Gasteiger partial charge < -0.3 is 13.7 Å². The summed E-state index contributed by atoms with van der Waals surface area (Å²) in [6, 6.07) is 79.1. The van der Waals surface area contributed by atoms with Crippen LogP contribution >= 0.6 is 0 Å². The molecule has 0 bridgehead atoms. The molecule has 302 valence electrons. The quantitative estimate of drug-likeness (QED) is 0.168. The van der Waals surface area contributed by atoms with Gasteiger partial charge in [0, 0.05) is 66.1 Å². The Morgan fingerprint density at radius 3 is 1.03 bits per heavy atom. The predicted octanol–water partition coefficient (Wildman–Crippen LogP) is 14.6. The smallest absolute Gasteiger partial charge is 0.160 e. The van der Waals surface area contributed by atoms with Crippen LogP contribution in [0, 0.1) is 11.3 Å². The van der Waals surface area contributed by atoms with Crippen LogP contribution in [0.1, 0.15) is 5.56 Å². The van der Waals surface area contributed by atoms with Gasteiger partial charge in [0.15, 0.2) is 5.82 Å². The van der Waals surface area contributed by atoms with Crippen molar-refractivity contribution in [3.8, 4) is 57.0 Å². The summed E-state index contributed by atoms with van der Waals surface area (Å²) in [5, 5.41) is 16.9. The van der Waals surface area contributed by atoms with Crippen molar-refractivity contribution in [3.63, 3.8) is 0 Å². The Kier molecular flexibility index (Phi) is 8.17. The van der Waals surface area contributed by atoms with Crippen LogP contribution < -0.4 is 0 Å². The molecule has 0 aliphatic heterocycles. The number of hydrogen-bond donors (Lipinski definition) is 0. The summed E-state index contributed by atoms with van der Waals surface area (Å²) in [6.07, 6.45) is 0. The lowest BCUT2D eigenvalue weighted by atomic mass is 10.0. The Morgan fingerprint density at radius 2 is 0.646 bits per heavy atom. The zero-order valence-corrected chi connectivity index (χ0v) is 35.0. The fourth-order valence-electron chi connectivity index (χ4n) is 9.95. The van der Waals surface area contributed by atoms with Gasteiger partial charge in [-0.05, 0) is 97.1 Å². The van der Waals surface area contributed by atoms with Gasteiger partial charge in [-0.3, -0.25) is 0 Å². The number of benzene rings is 9. The van der Waals surface area contributed by atoms with Gasteiger partial charge in [-0.25, -0.2) is 9.97 Å². The molecule has 0 aliphatic carbocycles. The number of fused-ring (bicyclic) bond motifs is 9. The molecule has 13 rings (SSSR count). The van der Waals surface area contributed by atoms with E-state index in [9.17, 15) is 5.26 Å². The molecule has 0 spiro atoms. The molecule has 0 saturated carbocycles. The zero-order valence-electron chi connectivity index (χ0n) is 35.0. The van der Waals surface area contributed by atoms with Crippen molar-refractivity contribution in [2.75, 3.05) is 0 Å². The van der Waals surface area contributed by atoms with Gasteiger partial charge in [0.25, 0.3) is 0 Å². The third-order valence-electron chi connectivity index (χ3n) is 12.9. The van der Waals surface area contributed by atoms with Crippen LogP contribution in [-0.4, -0.2) is 23.7 Å². The summed E-state index contributed by atoms with van der Waals surface area (Å²) in [7, 11) is 0. The third kappa shape index (κ3) is 5.80. The van der Waals surface area contributed by atoms with Gasteiger partial charge >= 0.3 is 0 Å². The highest BCUT2D eigenvalue weighted by Crippen LogP contribution is 2.39. The minimum Gasteiger partial charge on any atom is -0.309 e. The molecule has 0 saturated heterocycles. The average Bonchev–Trinajstić information content (AvgIpc) is 4.02. The van der Waals surface area contributed by atoms with E-state index in [0.29, 0.717) is 11.4 Å². The van der Waals surface area contributed by atoms with Gasteiger partial charge in [0.2, 0.25) is 0 Å². The van der Waals surface area contributed by atoms with Crippen LogP contribution in [0.5, 0.6) is 0 Å². The second kappa shape index (κ2) is 14.5. The van der Waals surface area contributed by atoms with Crippen LogP contribution in [0.3, 0.4) is 0 Å². The molecule has 0 fully saturated rings.